The standard InChI is InChI=1S/C22H29N3O4/c1-14-9-10-16-18(17(14)20(27)23-2)22(29)25(11-6-12-26)19(16)21(28)24-13-15-7-4-3-5-8-15/h3-5,7-10,14,16-19,26H,6,11-13H2,1-2H3,(H,23,27)(H,24,28)/t14-,16+,17-,18-,19+/m1/s1. The van der Waals surface area contributed by atoms with Crippen molar-refractivity contribution >= 4 is 17.7 Å². The molecule has 1 aliphatic carbocycles. The van der Waals surface area contributed by atoms with Crippen molar-refractivity contribution in [3.05, 3.63) is 48.0 Å². The van der Waals surface area contributed by atoms with Gasteiger partial charge in [0.2, 0.25) is 17.7 Å². The van der Waals surface area contributed by atoms with Gasteiger partial charge in [0.1, 0.15) is 6.04 Å². The first-order valence-corrected chi connectivity index (χ1v) is 10.1. The van der Waals surface area contributed by atoms with E-state index in [2.05, 4.69) is 10.6 Å². The molecule has 1 fully saturated rings. The van der Waals surface area contributed by atoms with Crippen LogP contribution in [0.25, 0.3) is 0 Å². The Morgan fingerprint density at radius 2 is 1.86 bits per heavy atom. The lowest BCUT2D eigenvalue weighted by molar-refractivity contribution is -0.140. The molecule has 0 radical (unpaired) electrons. The number of aliphatic hydroxyl groups is 1. The van der Waals surface area contributed by atoms with Gasteiger partial charge in [-0.25, -0.2) is 0 Å². The van der Waals surface area contributed by atoms with Gasteiger partial charge in [-0.15, -0.1) is 0 Å². The SMILES string of the molecule is CNC(=O)[C@H]1[C@@H]2C(=O)N(CCCO)[C@H](C(=O)NCc3ccccc3)[C@H]2C=C[C@H]1C. The van der Waals surface area contributed by atoms with Crippen LogP contribution < -0.4 is 10.6 Å². The van der Waals surface area contributed by atoms with Crippen LogP contribution in [0.3, 0.4) is 0 Å². The first-order valence-electron chi connectivity index (χ1n) is 10.1. The van der Waals surface area contributed by atoms with Crippen molar-refractivity contribution in [1.29, 1.82) is 0 Å². The van der Waals surface area contributed by atoms with Crippen molar-refractivity contribution < 1.29 is 19.5 Å². The van der Waals surface area contributed by atoms with Crippen molar-refractivity contribution in [1.82, 2.24) is 15.5 Å². The van der Waals surface area contributed by atoms with Crippen LogP contribution in [-0.4, -0.2) is 54.0 Å². The zero-order valence-corrected chi connectivity index (χ0v) is 16.9. The summed E-state index contributed by atoms with van der Waals surface area (Å²) in [5, 5.41) is 14.9. The number of benzene rings is 1. The number of nitrogens with one attached hydrogen (secondary N) is 2. The highest BCUT2D eigenvalue weighted by Gasteiger charge is 2.56. The molecule has 29 heavy (non-hydrogen) atoms. The summed E-state index contributed by atoms with van der Waals surface area (Å²) >= 11 is 0. The topological polar surface area (TPSA) is 98.7 Å². The van der Waals surface area contributed by atoms with Crippen LogP contribution in [0.4, 0.5) is 0 Å². The van der Waals surface area contributed by atoms with Crippen LogP contribution in [-0.2, 0) is 20.9 Å². The van der Waals surface area contributed by atoms with E-state index in [0.29, 0.717) is 13.0 Å². The Morgan fingerprint density at radius 1 is 1.14 bits per heavy atom. The van der Waals surface area contributed by atoms with Gasteiger partial charge in [0.25, 0.3) is 0 Å². The molecule has 0 bridgehead atoms. The van der Waals surface area contributed by atoms with Crippen LogP contribution >= 0.6 is 0 Å². The fourth-order valence-corrected chi connectivity index (χ4v) is 4.53. The van der Waals surface area contributed by atoms with Gasteiger partial charge in [-0.2, -0.15) is 0 Å². The zero-order chi connectivity index (χ0) is 21.0. The highest BCUT2D eigenvalue weighted by molar-refractivity contribution is 5.96. The van der Waals surface area contributed by atoms with E-state index >= 15 is 0 Å². The van der Waals surface area contributed by atoms with Crippen molar-refractivity contribution in [2.24, 2.45) is 23.7 Å². The summed E-state index contributed by atoms with van der Waals surface area (Å²) in [6.45, 7) is 2.51. The molecule has 3 N–H and O–H groups in total. The second-order valence-electron chi connectivity index (χ2n) is 7.74. The predicted octanol–water partition coefficient (Wildman–Crippen LogP) is 0.697. The molecule has 7 heteroatoms. The van der Waals surface area contributed by atoms with Gasteiger partial charge in [0, 0.05) is 32.7 Å². The van der Waals surface area contributed by atoms with Gasteiger partial charge in [-0.3, -0.25) is 14.4 Å². The van der Waals surface area contributed by atoms with Crippen LogP contribution in [0.15, 0.2) is 42.5 Å². The quantitative estimate of drug-likeness (QED) is 0.588. The zero-order valence-electron chi connectivity index (χ0n) is 16.9. The number of rotatable bonds is 7. The van der Waals surface area contributed by atoms with Gasteiger partial charge < -0.3 is 20.6 Å². The number of amides is 3. The third-order valence-corrected chi connectivity index (χ3v) is 5.96. The lowest BCUT2D eigenvalue weighted by Crippen LogP contribution is -2.47. The Bertz CT molecular complexity index is 780. The smallest absolute Gasteiger partial charge is 0.243 e. The van der Waals surface area contributed by atoms with E-state index in [4.69, 9.17) is 0 Å². The number of aliphatic hydroxyl groups excluding tert-OH is 1. The maximum absolute atomic E-state index is 13.3. The van der Waals surface area contributed by atoms with Crippen molar-refractivity contribution in [2.45, 2.75) is 25.9 Å². The van der Waals surface area contributed by atoms with Gasteiger partial charge >= 0.3 is 0 Å². The summed E-state index contributed by atoms with van der Waals surface area (Å²) in [5.41, 5.74) is 0.972. The molecule has 3 rings (SSSR count). The Hall–Kier alpha value is -2.67. The maximum atomic E-state index is 13.3. The van der Waals surface area contributed by atoms with Gasteiger partial charge in [-0.05, 0) is 17.9 Å². The van der Waals surface area contributed by atoms with Crippen LogP contribution in [0.1, 0.15) is 18.9 Å². The minimum Gasteiger partial charge on any atom is -0.396 e. The van der Waals surface area contributed by atoms with E-state index in [1.165, 1.54) is 0 Å². The lowest BCUT2D eigenvalue weighted by atomic mass is 9.70. The Morgan fingerprint density at radius 3 is 2.52 bits per heavy atom. The third-order valence-electron chi connectivity index (χ3n) is 5.96. The number of fused-ring (bicyclic) bond motifs is 1. The largest absolute Gasteiger partial charge is 0.396 e. The van der Waals surface area contributed by atoms with Gasteiger partial charge in [0.15, 0.2) is 0 Å². The van der Waals surface area contributed by atoms with Crippen LogP contribution in [0, 0.1) is 23.7 Å². The molecule has 0 spiro atoms. The minimum atomic E-state index is -0.682. The fraction of sp³-hybridized carbons (Fsp3) is 0.500. The number of hydrogen-bond donors (Lipinski definition) is 3. The molecule has 7 nitrogen and oxygen atoms in total. The maximum Gasteiger partial charge on any atom is 0.243 e. The molecule has 156 valence electrons. The lowest BCUT2D eigenvalue weighted by Gasteiger charge is -2.32. The van der Waals surface area contributed by atoms with Crippen LogP contribution in [0.5, 0.6) is 0 Å². The summed E-state index contributed by atoms with van der Waals surface area (Å²) in [4.78, 5) is 40.4. The van der Waals surface area contributed by atoms with Crippen molar-refractivity contribution in [3.63, 3.8) is 0 Å². The molecule has 5 atom stereocenters. The molecule has 1 aromatic carbocycles. The Balaban J connectivity index is 1.86. The molecule has 2 aliphatic rings. The monoisotopic (exact) mass is 399 g/mol. The summed E-state index contributed by atoms with van der Waals surface area (Å²) in [6.07, 6.45) is 4.23. The number of likely N-dealkylation sites (tertiary alicyclic amines) is 1. The molecule has 1 saturated heterocycles. The normalized spacial score (nSPS) is 28.2. The summed E-state index contributed by atoms with van der Waals surface area (Å²) in [7, 11) is 1.56. The Labute approximate surface area is 171 Å². The average molecular weight is 399 g/mol. The van der Waals surface area contributed by atoms with Crippen molar-refractivity contribution in [3.8, 4) is 0 Å². The molecule has 1 aromatic rings. The predicted molar refractivity (Wildman–Crippen MR) is 108 cm³/mol. The number of nitrogens with zero attached hydrogens (tertiary/aromatic N) is 1. The second kappa shape index (κ2) is 9.22. The van der Waals surface area contributed by atoms with Gasteiger partial charge in [0.05, 0.1) is 11.8 Å². The molecule has 0 aromatic heterocycles. The van der Waals surface area contributed by atoms with E-state index in [-0.39, 0.29) is 42.7 Å². The van der Waals surface area contributed by atoms with E-state index in [0.717, 1.165) is 5.56 Å². The highest BCUT2D eigenvalue weighted by atomic mass is 16.3. The third kappa shape index (κ3) is 4.19. The fourth-order valence-electron chi connectivity index (χ4n) is 4.53. The van der Waals surface area contributed by atoms with E-state index in [1.807, 2.05) is 49.4 Å². The number of hydrogen-bond acceptors (Lipinski definition) is 4. The number of carbonyl (C=O) groups is 3. The highest BCUT2D eigenvalue weighted by Crippen LogP contribution is 2.43. The van der Waals surface area contributed by atoms with Crippen molar-refractivity contribution in [2.75, 3.05) is 20.2 Å². The van der Waals surface area contributed by atoms with Gasteiger partial charge in [-0.1, -0.05) is 49.4 Å². The second-order valence-corrected chi connectivity index (χ2v) is 7.74. The first kappa shape index (κ1) is 21.0. The first-order chi connectivity index (χ1) is 14.0. The minimum absolute atomic E-state index is 0.0669. The molecule has 3 amide bonds. The average Bonchev–Trinajstić information content (AvgIpc) is 3.02. The molecular formula is C22H29N3O4. The number of allylic oxidation sites excluding steroid dienone is 1. The Kier molecular flexibility index (Phi) is 6.69. The molecule has 0 saturated carbocycles. The van der Waals surface area contributed by atoms with E-state index < -0.39 is 17.9 Å². The number of carbonyl (C=O) groups excluding carboxylic acids is 3. The molecular weight excluding hydrogens is 370 g/mol. The summed E-state index contributed by atoms with van der Waals surface area (Å²) in [5.74, 6) is -2.14. The molecule has 0 unspecified atom stereocenters. The van der Waals surface area contributed by atoms with Crippen LogP contribution in [0.2, 0.25) is 0 Å². The molecule has 1 aliphatic heterocycles. The summed E-state index contributed by atoms with van der Waals surface area (Å²) in [6, 6.07) is 8.90. The van der Waals surface area contributed by atoms with E-state index in [1.54, 1.807) is 11.9 Å². The summed E-state index contributed by atoms with van der Waals surface area (Å²) < 4.78 is 0. The molecule has 1 heterocycles. The van der Waals surface area contributed by atoms with E-state index in [9.17, 15) is 19.5 Å².